The number of aliphatic hydroxyl groups is 1. The Morgan fingerprint density at radius 2 is 2.24 bits per heavy atom. The third-order valence-electron chi connectivity index (χ3n) is 4.21. The summed E-state index contributed by atoms with van der Waals surface area (Å²) >= 11 is 0. The van der Waals surface area contributed by atoms with Gasteiger partial charge in [0.05, 0.1) is 0 Å². The minimum Gasteiger partial charge on any atom is -0.491 e. The number of aliphatic hydroxyl groups excluding tert-OH is 1. The maximum Gasteiger partial charge on any atom is 0.119 e. The normalized spacial score (nSPS) is 21.8. The summed E-state index contributed by atoms with van der Waals surface area (Å²) in [7, 11) is 0. The highest BCUT2D eigenvalue weighted by Gasteiger charge is 2.19. The molecule has 1 fully saturated rings. The molecule has 1 aliphatic heterocycles. The number of hydrogen-bond donors (Lipinski definition) is 2. The molecular formula is C17H28N2O2. The van der Waals surface area contributed by atoms with Crippen LogP contribution in [0.5, 0.6) is 5.75 Å². The molecule has 1 saturated heterocycles. The number of nitrogens with zero attached hydrogens (tertiary/aromatic N) is 1. The molecule has 1 aromatic carbocycles. The van der Waals surface area contributed by atoms with Crippen molar-refractivity contribution < 1.29 is 9.84 Å². The van der Waals surface area contributed by atoms with Gasteiger partial charge in [-0.3, -0.25) is 4.90 Å². The van der Waals surface area contributed by atoms with E-state index in [0.29, 0.717) is 25.7 Å². The Morgan fingerprint density at radius 1 is 1.38 bits per heavy atom. The first kappa shape index (κ1) is 16.3. The van der Waals surface area contributed by atoms with Crippen molar-refractivity contribution in [3.05, 3.63) is 29.8 Å². The van der Waals surface area contributed by atoms with Crippen molar-refractivity contribution in [2.24, 2.45) is 5.73 Å². The summed E-state index contributed by atoms with van der Waals surface area (Å²) in [5.41, 5.74) is 6.66. The van der Waals surface area contributed by atoms with E-state index in [0.717, 1.165) is 17.9 Å². The summed E-state index contributed by atoms with van der Waals surface area (Å²) in [5, 5.41) is 10.2. The predicted molar refractivity (Wildman–Crippen MR) is 85.3 cm³/mol. The van der Waals surface area contributed by atoms with Gasteiger partial charge in [0.15, 0.2) is 0 Å². The second kappa shape index (κ2) is 8.37. The van der Waals surface area contributed by atoms with E-state index in [1.54, 1.807) is 0 Å². The van der Waals surface area contributed by atoms with Gasteiger partial charge in [0, 0.05) is 19.1 Å². The van der Waals surface area contributed by atoms with Gasteiger partial charge in [-0.2, -0.15) is 0 Å². The zero-order valence-corrected chi connectivity index (χ0v) is 13.0. The van der Waals surface area contributed by atoms with Crippen molar-refractivity contribution in [3.8, 4) is 5.75 Å². The highest BCUT2D eigenvalue weighted by Crippen LogP contribution is 2.17. The molecule has 0 bridgehead atoms. The molecule has 3 N–H and O–H groups in total. The van der Waals surface area contributed by atoms with E-state index in [-0.39, 0.29) is 0 Å². The van der Waals surface area contributed by atoms with Gasteiger partial charge in [-0.1, -0.05) is 25.0 Å². The zero-order chi connectivity index (χ0) is 15.1. The lowest BCUT2D eigenvalue weighted by Crippen LogP contribution is -2.40. The van der Waals surface area contributed by atoms with Crippen molar-refractivity contribution in [3.63, 3.8) is 0 Å². The van der Waals surface area contributed by atoms with Crippen LogP contribution in [0, 0.1) is 0 Å². The molecular weight excluding hydrogens is 264 g/mol. The second-order valence-electron chi connectivity index (χ2n) is 6.01. The molecule has 4 heteroatoms. The molecule has 4 nitrogen and oxygen atoms in total. The first-order valence-electron chi connectivity index (χ1n) is 8.03. The predicted octanol–water partition coefficient (Wildman–Crippen LogP) is 2.15. The highest BCUT2D eigenvalue weighted by molar-refractivity contribution is 5.28. The molecule has 1 aromatic rings. The van der Waals surface area contributed by atoms with Crippen LogP contribution in [-0.2, 0) is 6.54 Å². The maximum absolute atomic E-state index is 10.2. The molecule has 0 saturated carbocycles. The summed E-state index contributed by atoms with van der Waals surface area (Å²) in [4.78, 5) is 2.39. The van der Waals surface area contributed by atoms with E-state index in [4.69, 9.17) is 10.5 Å². The Morgan fingerprint density at radius 3 is 3.05 bits per heavy atom. The minimum absolute atomic E-state index is 0.331. The third kappa shape index (κ3) is 5.30. The first-order chi connectivity index (χ1) is 10.2. The van der Waals surface area contributed by atoms with Gasteiger partial charge in [-0.05, 0) is 44.0 Å². The average Bonchev–Trinajstić information content (AvgIpc) is 2.70. The summed E-state index contributed by atoms with van der Waals surface area (Å²) in [6.45, 7) is 4.87. The Hall–Kier alpha value is -1.10. The molecule has 0 aliphatic carbocycles. The number of likely N-dealkylation sites (tertiary alicyclic amines) is 1. The molecule has 1 heterocycles. The third-order valence-corrected chi connectivity index (χ3v) is 4.21. The largest absolute Gasteiger partial charge is 0.491 e. The number of nitrogens with two attached hydrogens (primary N) is 1. The van der Waals surface area contributed by atoms with Crippen molar-refractivity contribution in [2.45, 2.75) is 51.3 Å². The quantitative estimate of drug-likeness (QED) is 0.843. The van der Waals surface area contributed by atoms with E-state index < -0.39 is 6.10 Å². The van der Waals surface area contributed by atoms with Gasteiger partial charge in [-0.25, -0.2) is 0 Å². The van der Waals surface area contributed by atoms with Gasteiger partial charge in [0.25, 0.3) is 0 Å². The summed E-state index contributed by atoms with van der Waals surface area (Å²) in [6, 6.07) is 8.30. The molecule has 2 atom stereocenters. The molecule has 2 unspecified atom stereocenters. The van der Waals surface area contributed by atoms with Gasteiger partial charge < -0.3 is 15.6 Å². The summed E-state index contributed by atoms with van der Waals surface area (Å²) < 4.78 is 5.69. The van der Waals surface area contributed by atoms with Crippen molar-refractivity contribution in [1.29, 1.82) is 0 Å². The average molecular weight is 292 g/mol. The van der Waals surface area contributed by atoms with E-state index in [2.05, 4.69) is 11.8 Å². The molecule has 0 spiro atoms. The SMILES string of the molecule is CC1CCCCCN1CC(O)COc1cccc(CN)c1. The Balaban J connectivity index is 1.79. The fourth-order valence-corrected chi connectivity index (χ4v) is 2.88. The Kier molecular flexibility index (Phi) is 6.49. The van der Waals surface area contributed by atoms with E-state index in [1.165, 1.54) is 25.7 Å². The number of benzene rings is 1. The maximum atomic E-state index is 10.2. The summed E-state index contributed by atoms with van der Waals surface area (Å²) in [5.74, 6) is 0.779. The minimum atomic E-state index is -0.452. The molecule has 1 aliphatic rings. The van der Waals surface area contributed by atoms with Gasteiger partial charge in [-0.15, -0.1) is 0 Å². The fraction of sp³-hybridized carbons (Fsp3) is 0.647. The van der Waals surface area contributed by atoms with E-state index in [1.807, 2.05) is 24.3 Å². The second-order valence-corrected chi connectivity index (χ2v) is 6.01. The van der Waals surface area contributed by atoms with Crippen molar-refractivity contribution in [2.75, 3.05) is 19.7 Å². The van der Waals surface area contributed by atoms with Crippen LogP contribution in [-0.4, -0.2) is 41.8 Å². The van der Waals surface area contributed by atoms with Gasteiger partial charge >= 0.3 is 0 Å². The van der Waals surface area contributed by atoms with Crippen LogP contribution in [0.2, 0.25) is 0 Å². The Bertz CT molecular complexity index is 425. The van der Waals surface area contributed by atoms with Crippen molar-refractivity contribution in [1.82, 2.24) is 4.90 Å². The van der Waals surface area contributed by atoms with Crippen LogP contribution in [0.25, 0.3) is 0 Å². The fourth-order valence-electron chi connectivity index (χ4n) is 2.88. The summed E-state index contributed by atoms with van der Waals surface area (Å²) in [6.07, 6.45) is 4.62. The zero-order valence-electron chi connectivity index (χ0n) is 13.0. The highest BCUT2D eigenvalue weighted by atomic mass is 16.5. The van der Waals surface area contributed by atoms with E-state index in [9.17, 15) is 5.11 Å². The van der Waals surface area contributed by atoms with Crippen LogP contribution in [0.3, 0.4) is 0 Å². The molecule has 0 radical (unpaired) electrons. The molecule has 118 valence electrons. The van der Waals surface area contributed by atoms with Crippen LogP contribution < -0.4 is 10.5 Å². The van der Waals surface area contributed by atoms with Crippen LogP contribution in [0.4, 0.5) is 0 Å². The smallest absolute Gasteiger partial charge is 0.119 e. The lowest BCUT2D eigenvalue weighted by molar-refractivity contribution is 0.0559. The molecule has 21 heavy (non-hydrogen) atoms. The van der Waals surface area contributed by atoms with Gasteiger partial charge in [0.2, 0.25) is 0 Å². The molecule has 2 rings (SSSR count). The monoisotopic (exact) mass is 292 g/mol. The standard InChI is InChI=1S/C17H28N2O2/c1-14-6-3-2-4-9-19(14)12-16(20)13-21-17-8-5-7-15(10-17)11-18/h5,7-8,10,14,16,20H,2-4,6,9,11-13,18H2,1H3. The van der Waals surface area contributed by atoms with Crippen LogP contribution >= 0.6 is 0 Å². The van der Waals surface area contributed by atoms with E-state index >= 15 is 0 Å². The van der Waals surface area contributed by atoms with Gasteiger partial charge in [0.1, 0.15) is 18.5 Å². The number of ether oxygens (including phenoxy) is 1. The lowest BCUT2D eigenvalue weighted by Gasteiger charge is -2.29. The molecule has 0 amide bonds. The van der Waals surface area contributed by atoms with Crippen LogP contribution in [0.15, 0.2) is 24.3 Å². The number of rotatable bonds is 6. The van der Waals surface area contributed by atoms with Crippen LogP contribution in [0.1, 0.15) is 38.2 Å². The Labute approximate surface area is 127 Å². The number of β-amino-alcohol motifs (C(OH)–C–C–N with tert-alkyl or cyclic N) is 1. The molecule has 0 aromatic heterocycles. The van der Waals surface area contributed by atoms with Crippen molar-refractivity contribution >= 4 is 0 Å². The number of hydrogen-bond acceptors (Lipinski definition) is 4. The lowest BCUT2D eigenvalue weighted by atomic mass is 10.1. The topological polar surface area (TPSA) is 58.7 Å². The first-order valence-corrected chi connectivity index (χ1v) is 8.03.